The highest BCUT2D eigenvalue weighted by Gasteiger charge is 2.47. The molecule has 0 radical (unpaired) electrons. The molecule has 1 spiro atoms. The van der Waals surface area contributed by atoms with Gasteiger partial charge in [0, 0.05) is 37.9 Å². The van der Waals surface area contributed by atoms with Gasteiger partial charge in [0.05, 0.1) is 11.5 Å². The molecule has 33 heavy (non-hydrogen) atoms. The molecule has 1 atom stereocenters. The Morgan fingerprint density at radius 3 is 2.45 bits per heavy atom. The van der Waals surface area contributed by atoms with Crippen LogP contribution in [0.5, 0.6) is 0 Å². The second-order valence-corrected chi connectivity index (χ2v) is 9.88. The van der Waals surface area contributed by atoms with Crippen LogP contribution in [0.1, 0.15) is 56.7 Å². The third kappa shape index (κ3) is 5.61. The van der Waals surface area contributed by atoms with E-state index in [1.165, 1.54) is 0 Å². The fraction of sp³-hybridized carbons (Fsp3) is 0.519. The quantitative estimate of drug-likeness (QED) is 0.667. The largest absolute Gasteiger partial charge is 0.349 e. The van der Waals surface area contributed by atoms with E-state index in [4.69, 9.17) is 0 Å². The van der Waals surface area contributed by atoms with Crippen LogP contribution < -0.4 is 5.32 Å². The Labute approximate surface area is 197 Å². The minimum Gasteiger partial charge on any atom is -0.349 e. The zero-order valence-corrected chi connectivity index (χ0v) is 19.9. The van der Waals surface area contributed by atoms with Gasteiger partial charge in [0.1, 0.15) is 0 Å². The van der Waals surface area contributed by atoms with Crippen LogP contribution in [0.25, 0.3) is 0 Å². The first kappa shape index (κ1) is 23.4. The van der Waals surface area contributed by atoms with Gasteiger partial charge in [-0.3, -0.25) is 14.6 Å². The van der Waals surface area contributed by atoms with Gasteiger partial charge in [0.2, 0.25) is 11.8 Å². The average Bonchev–Trinajstić information content (AvgIpc) is 3.13. The van der Waals surface area contributed by atoms with Gasteiger partial charge >= 0.3 is 0 Å². The Morgan fingerprint density at radius 2 is 1.79 bits per heavy atom. The fourth-order valence-electron chi connectivity index (χ4n) is 5.08. The number of aromatic nitrogens is 1. The van der Waals surface area contributed by atoms with Crippen molar-refractivity contribution in [2.24, 2.45) is 11.3 Å². The molecule has 1 unspecified atom stereocenters. The van der Waals surface area contributed by atoms with Gasteiger partial charge in [-0.05, 0) is 56.0 Å². The highest BCUT2D eigenvalue weighted by Crippen LogP contribution is 2.42. The Kier molecular flexibility index (Phi) is 7.43. The first-order valence-electron chi connectivity index (χ1n) is 12.2. The molecular weight excluding hydrogens is 412 g/mol. The van der Waals surface area contributed by atoms with E-state index in [9.17, 15) is 9.59 Å². The van der Waals surface area contributed by atoms with Gasteiger partial charge in [-0.2, -0.15) is 0 Å². The Morgan fingerprint density at radius 1 is 1.06 bits per heavy atom. The van der Waals surface area contributed by atoms with Gasteiger partial charge in [0.25, 0.3) is 0 Å². The number of pyridine rings is 1. The molecule has 2 saturated heterocycles. The van der Waals surface area contributed by atoms with Crippen molar-refractivity contribution in [2.75, 3.05) is 26.2 Å². The summed E-state index contributed by atoms with van der Waals surface area (Å²) in [6.07, 6.45) is 7.28. The number of carbonyl (C=O) groups is 2. The number of amides is 2. The van der Waals surface area contributed by atoms with Crippen LogP contribution in [0.2, 0.25) is 0 Å². The predicted molar refractivity (Wildman–Crippen MR) is 129 cm³/mol. The molecule has 176 valence electrons. The molecule has 2 aromatic rings. The van der Waals surface area contributed by atoms with E-state index in [2.05, 4.69) is 27.3 Å². The van der Waals surface area contributed by atoms with Crippen molar-refractivity contribution in [3.8, 4) is 0 Å². The molecule has 2 fully saturated rings. The van der Waals surface area contributed by atoms with Crippen molar-refractivity contribution in [3.05, 3.63) is 66.0 Å². The van der Waals surface area contributed by atoms with Crippen LogP contribution in [0, 0.1) is 11.3 Å². The topological polar surface area (TPSA) is 65.5 Å². The zero-order valence-electron chi connectivity index (χ0n) is 19.9. The lowest BCUT2D eigenvalue weighted by Gasteiger charge is -2.38. The summed E-state index contributed by atoms with van der Waals surface area (Å²) in [5.74, 6) is 0.373. The molecule has 4 rings (SSSR count). The van der Waals surface area contributed by atoms with E-state index in [0.29, 0.717) is 12.5 Å². The summed E-state index contributed by atoms with van der Waals surface area (Å²) in [4.78, 5) is 34.3. The average molecular weight is 449 g/mol. The Balaban J connectivity index is 1.31. The summed E-state index contributed by atoms with van der Waals surface area (Å²) in [5, 5.41) is 3.23. The maximum Gasteiger partial charge on any atom is 0.229 e. The van der Waals surface area contributed by atoms with E-state index in [1.54, 1.807) is 6.20 Å². The summed E-state index contributed by atoms with van der Waals surface area (Å²) in [5.41, 5.74) is 2.05. The Bertz CT molecular complexity index is 924. The number of hydrogen-bond acceptors (Lipinski definition) is 4. The molecule has 2 amide bonds. The molecule has 1 aromatic heterocycles. The predicted octanol–water partition coefficient (Wildman–Crippen LogP) is 3.80. The van der Waals surface area contributed by atoms with Crippen molar-refractivity contribution in [1.82, 2.24) is 20.1 Å². The number of rotatable bonds is 8. The second kappa shape index (κ2) is 10.5. The SMILES string of the molecule is CC(C)C(=O)NC(CCN1CCC2(CC1)CCN(Cc1cccnc1)C2=O)c1ccccc1. The van der Waals surface area contributed by atoms with E-state index in [1.807, 2.05) is 55.3 Å². The zero-order chi connectivity index (χ0) is 23.3. The van der Waals surface area contributed by atoms with Crippen molar-refractivity contribution < 1.29 is 9.59 Å². The van der Waals surface area contributed by atoms with Gasteiger partial charge < -0.3 is 15.1 Å². The summed E-state index contributed by atoms with van der Waals surface area (Å²) < 4.78 is 0. The van der Waals surface area contributed by atoms with E-state index in [-0.39, 0.29) is 23.3 Å². The van der Waals surface area contributed by atoms with E-state index in [0.717, 1.165) is 63.0 Å². The number of benzene rings is 1. The molecule has 2 aliphatic heterocycles. The lowest BCUT2D eigenvalue weighted by Crippen LogP contribution is -2.45. The summed E-state index contributed by atoms with van der Waals surface area (Å²) in [6, 6.07) is 14.2. The first-order chi connectivity index (χ1) is 16.0. The smallest absolute Gasteiger partial charge is 0.229 e. The molecule has 0 aliphatic carbocycles. The second-order valence-electron chi connectivity index (χ2n) is 9.88. The summed E-state index contributed by atoms with van der Waals surface area (Å²) in [6.45, 7) is 8.15. The number of piperidine rings is 1. The molecule has 1 N–H and O–H groups in total. The van der Waals surface area contributed by atoms with E-state index >= 15 is 0 Å². The van der Waals surface area contributed by atoms with Crippen LogP contribution in [0.3, 0.4) is 0 Å². The third-order valence-corrected chi connectivity index (χ3v) is 7.29. The highest BCUT2D eigenvalue weighted by molar-refractivity contribution is 5.85. The minimum absolute atomic E-state index is 0.0140. The first-order valence-corrected chi connectivity index (χ1v) is 12.2. The van der Waals surface area contributed by atoms with Crippen molar-refractivity contribution in [1.29, 1.82) is 0 Å². The lowest BCUT2D eigenvalue weighted by atomic mass is 9.77. The molecule has 3 heterocycles. The highest BCUT2D eigenvalue weighted by atomic mass is 16.2. The summed E-state index contributed by atoms with van der Waals surface area (Å²) in [7, 11) is 0. The maximum absolute atomic E-state index is 13.3. The molecule has 6 heteroatoms. The van der Waals surface area contributed by atoms with Crippen molar-refractivity contribution in [3.63, 3.8) is 0 Å². The monoisotopic (exact) mass is 448 g/mol. The molecule has 0 saturated carbocycles. The third-order valence-electron chi connectivity index (χ3n) is 7.29. The molecule has 2 aliphatic rings. The number of nitrogens with zero attached hydrogens (tertiary/aromatic N) is 3. The Hall–Kier alpha value is -2.73. The number of likely N-dealkylation sites (tertiary alicyclic amines) is 2. The minimum atomic E-state index is -0.191. The normalized spacial score (nSPS) is 19.2. The maximum atomic E-state index is 13.3. The number of carbonyl (C=O) groups excluding carboxylic acids is 2. The van der Waals surface area contributed by atoms with Crippen molar-refractivity contribution >= 4 is 11.8 Å². The van der Waals surface area contributed by atoms with Gasteiger partial charge in [-0.25, -0.2) is 0 Å². The van der Waals surface area contributed by atoms with Crippen molar-refractivity contribution in [2.45, 2.75) is 52.1 Å². The molecule has 1 aromatic carbocycles. The van der Waals surface area contributed by atoms with Gasteiger partial charge in [-0.15, -0.1) is 0 Å². The molecule has 0 bridgehead atoms. The molecule has 6 nitrogen and oxygen atoms in total. The fourth-order valence-corrected chi connectivity index (χ4v) is 5.08. The van der Waals surface area contributed by atoms with Gasteiger partial charge in [0.15, 0.2) is 0 Å². The van der Waals surface area contributed by atoms with Crippen LogP contribution >= 0.6 is 0 Å². The number of nitrogens with one attached hydrogen (secondary N) is 1. The summed E-state index contributed by atoms with van der Waals surface area (Å²) >= 11 is 0. The standard InChI is InChI=1S/C27H36N4O2/c1-21(2)25(32)29-24(23-8-4-3-5-9-23)10-15-30-16-11-27(12-17-30)13-18-31(26(27)33)20-22-7-6-14-28-19-22/h3-9,14,19,21,24H,10-13,15-18,20H2,1-2H3,(H,29,32). The van der Waals surface area contributed by atoms with E-state index < -0.39 is 0 Å². The van der Waals surface area contributed by atoms with Gasteiger partial charge in [-0.1, -0.05) is 50.2 Å². The van der Waals surface area contributed by atoms with Crippen LogP contribution in [-0.4, -0.2) is 52.8 Å². The van der Waals surface area contributed by atoms with Crippen LogP contribution in [-0.2, 0) is 16.1 Å². The van der Waals surface area contributed by atoms with Crippen LogP contribution in [0.15, 0.2) is 54.9 Å². The molecular formula is C27H36N4O2. The number of hydrogen-bond donors (Lipinski definition) is 1. The lowest BCUT2D eigenvalue weighted by molar-refractivity contribution is -0.139. The van der Waals surface area contributed by atoms with Crippen LogP contribution in [0.4, 0.5) is 0 Å².